The third-order valence-electron chi connectivity index (χ3n) is 7.53. The molecule has 43 heavy (non-hydrogen) atoms. The molecule has 2 N–H and O–H groups in total. The molecule has 0 bridgehead atoms. The number of carbonyl (C=O) groups is 3. The molecule has 0 spiro atoms. The number of fused-ring (bicyclic) bond motifs is 3. The number of anilines is 2. The molecular formula is C32H22ClN3O5S2. The molecule has 0 aliphatic carbocycles. The molecule has 3 atom stereocenters. The van der Waals surface area contributed by atoms with Crippen LogP contribution >= 0.6 is 34.7 Å². The fourth-order valence-electron chi connectivity index (χ4n) is 5.63. The molecule has 1 fully saturated rings. The zero-order valence-electron chi connectivity index (χ0n) is 22.3. The number of H-pyrrole nitrogens is 1. The van der Waals surface area contributed by atoms with Crippen LogP contribution in [0.3, 0.4) is 0 Å². The van der Waals surface area contributed by atoms with Crippen molar-refractivity contribution in [2.24, 2.45) is 5.92 Å². The molecule has 0 radical (unpaired) electrons. The SMILES string of the molecule is O=C(COc1cccc([C@@H]2c3sc(=O)[nH]c3S[C@H]3C(=O)N(c4ccc(Cl)cc4)C(=O)[C@@H]23)c1)Nc1ccc2ccccc2c1. The van der Waals surface area contributed by atoms with Gasteiger partial charge in [-0.2, -0.15) is 0 Å². The lowest BCUT2D eigenvalue weighted by molar-refractivity contribution is -0.122. The van der Waals surface area contributed by atoms with Gasteiger partial charge < -0.3 is 15.0 Å². The quantitative estimate of drug-likeness (QED) is 0.222. The first-order chi connectivity index (χ1) is 20.9. The lowest BCUT2D eigenvalue weighted by Crippen LogP contribution is -2.32. The number of aromatic amines is 1. The Morgan fingerprint density at radius 1 is 0.907 bits per heavy atom. The molecule has 1 aromatic heterocycles. The van der Waals surface area contributed by atoms with Gasteiger partial charge in [-0.1, -0.05) is 77.2 Å². The van der Waals surface area contributed by atoms with Crippen LogP contribution in [0.1, 0.15) is 16.4 Å². The average Bonchev–Trinajstić information content (AvgIpc) is 3.50. The lowest BCUT2D eigenvalue weighted by atomic mass is 9.83. The normalized spacial score (nSPS) is 19.3. The minimum Gasteiger partial charge on any atom is -0.484 e. The Labute approximate surface area is 258 Å². The fourth-order valence-corrected chi connectivity index (χ4v) is 8.27. The predicted molar refractivity (Wildman–Crippen MR) is 168 cm³/mol. The molecule has 0 saturated carbocycles. The zero-order chi connectivity index (χ0) is 29.7. The second-order valence-electron chi connectivity index (χ2n) is 10.2. The van der Waals surface area contributed by atoms with Crippen molar-refractivity contribution < 1.29 is 19.1 Å². The highest BCUT2D eigenvalue weighted by Gasteiger charge is 2.56. The Kier molecular flexibility index (Phi) is 7.04. The fraction of sp³-hybridized carbons (Fsp3) is 0.125. The monoisotopic (exact) mass is 627 g/mol. The van der Waals surface area contributed by atoms with Crippen LogP contribution in [-0.4, -0.2) is 34.6 Å². The Bertz CT molecular complexity index is 1970. The van der Waals surface area contributed by atoms with Crippen molar-refractivity contribution in [2.75, 3.05) is 16.8 Å². The van der Waals surface area contributed by atoms with E-state index in [9.17, 15) is 19.2 Å². The molecule has 7 rings (SSSR count). The topological polar surface area (TPSA) is 109 Å². The molecular weight excluding hydrogens is 606 g/mol. The summed E-state index contributed by atoms with van der Waals surface area (Å²) in [6, 6.07) is 27.2. The van der Waals surface area contributed by atoms with Crippen molar-refractivity contribution in [2.45, 2.75) is 16.2 Å². The van der Waals surface area contributed by atoms with E-state index in [2.05, 4.69) is 10.3 Å². The number of thioether (sulfide) groups is 1. The minimum absolute atomic E-state index is 0.229. The van der Waals surface area contributed by atoms with Crippen LogP contribution in [0.5, 0.6) is 5.75 Å². The summed E-state index contributed by atoms with van der Waals surface area (Å²) in [6.45, 7) is -0.229. The minimum atomic E-state index is -0.737. The number of amides is 3. The van der Waals surface area contributed by atoms with Gasteiger partial charge in [0.05, 0.1) is 16.6 Å². The Morgan fingerprint density at radius 2 is 1.70 bits per heavy atom. The van der Waals surface area contributed by atoms with Gasteiger partial charge in [0.1, 0.15) is 11.0 Å². The average molecular weight is 628 g/mol. The summed E-state index contributed by atoms with van der Waals surface area (Å²) >= 11 is 8.28. The van der Waals surface area contributed by atoms with E-state index in [1.807, 2.05) is 48.5 Å². The van der Waals surface area contributed by atoms with Gasteiger partial charge in [-0.15, -0.1) is 0 Å². The van der Waals surface area contributed by atoms with Crippen molar-refractivity contribution in [1.82, 2.24) is 4.98 Å². The van der Waals surface area contributed by atoms with E-state index in [1.165, 1.54) is 16.7 Å². The number of ether oxygens (including phenoxy) is 1. The molecule has 4 aromatic carbocycles. The van der Waals surface area contributed by atoms with Crippen molar-refractivity contribution in [3.63, 3.8) is 0 Å². The second kappa shape index (κ2) is 11.0. The zero-order valence-corrected chi connectivity index (χ0v) is 24.7. The van der Waals surface area contributed by atoms with E-state index in [4.69, 9.17) is 16.3 Å². The van der Waals surface area contributed by atoms with Gasteiger partial charge in [-0.25, -0.2) is 4.90 Å². The molecule has 11 heteroatoms. The number of hydrogen-bond acceptors (Lipinski definition) is 7. The van der Waals surface area contributed by atoms with Crippen molar-refractivity contribution in [1.29, 1.82) is 0 Å². The number of hydrogen-bond donors (Lipinski definition) is 2. The maximum Gasteiger partial charge on any atom is 0.305 e. The lowest BCUT2D eigenvalue weighted by Gasteiger charge is -2.30. The molecule has 214 valence electrons. The van der Waals surface area contributed by atoms with Gasteiger partial charge >= 0.3 is 4.87 Å². The molecule has 2 aliphatic rings. The van der Waals surface area contributed by atoms with Gasteiger partial charge in [0.15, 0.2) is 6.61 Å². The van der Waals surface area contributed by atoms with Crippen molar-refractivity contribution in [3.05, 3.63) is 116 Å². The first-order valence-corrected chi connectivity index (χ1v) is 15.5. The second-order valence-corrected chi connectivity index (χ2v) is 12.8. The predicted octanol–water partition coefficient (Wildman–Crippen LogP) is 6.06. The van der Waals surface area contributed by atoms with Crippen LogP contribution in [0.15, 0.2) is 101 Å². The highest BCUT2D eigenvalue weighted by Crippen LogP contribution is 2.53. The number of carbonyl (C=O) groups excluding carboxylic acids is 3. The smallest absolute Gasteiger partial charge is 0.305 e. The van der Waals surface area contributed by atoms with Crippen LogP contribution in [0.4, 0.5) is 11.4 Å². The number of halogens is 1. The van der Waals surface area contributed by atoms with Gasteiger partial charge in [-0.3, -0.25) is 19.2 Å². The maximum atomic E-state index is 13.9. The third kappa shape index (κ3) is 5.11. The van der Waals surface area contributed by atoms with Crippen LogP contribution < -0.4 is 19.8 Å². The van der Waals surface area contributed by atoms with Crippen LogP contribution in [0.2, 0.25) is 5.02 Å². The molecule has 8 nitrogen and oxygen atoms in total. The molecule has 5 aromatic rings. The number of thiazole rings is 1. The molecule has 0 unspecified atom stereocenters. The number of nitrogens with zero attached hydrogens (tertiary/aromatic N) is 1. The number of benzene rings is 4. The first-order valence-electron chi connectivity index (χ1n) is 13.4. The molecule has 3 amide bonds. The van der Waals surface area contributed by atoms with Crippen molar-refractivity contribution >= 4 is 74.6 Å². The van der Waals surface area contributed by atoms with Gasteiger partial charge in [0.25, 0.3) is 5.91 Å². The molecule has 1 saturated heterocycles. The maximum absolute atomic E-state index is 13.9. The highest BCUT2D eigenvalue weighted by atomic mass is 35.5. The Hall–Kier alpha value is -4.38. The summed E-state index contributed by atoms with van der Waals surface area (Å²) in [7, 11) is 0. The van der Waals surface area contributed by atoms with E-state index >= 15 is 0 Å². The van der Waals surface area contributed by atoms with Crippen LogP contribution in [0, 0.1) is 5.92 Å². The number of nitrogens with one attached hydrogen (secondary N) is 2. The Morgan fingerprint density at radius 3 is 2.51 bits per heavy atom. The third-order valence-corrected chi connectivity index (χ3v) is 10.2. The standard InChI is InChI=1S/C32H22ClN3O5S2/c33-20-9-12-22(13-10-20)36-30(38)26-25(27-29(35-32(40)43-27)42-28(26)31(36)39)19-6-3-7-23(15-19)41-16-24(37)34-21-11-8-17-4-1-2-5-18(17)14-21/h1-15,25-26,28H,16H2,(H,34,37)(H,35,40)/t25-,26-,28+/m0/s1. The highest BCUT2D eigenvalue weighted by molar-refractivity contribution is 8.00. The summed E-state index contributed by atoms with van der Waals surface area (Å²) < 4.78 is 5.85. The first kappa shape index (κ1) is 27.5. The van der Waals surface area contributed by atoms with E-state index in [0.717, 1.165) is 22.1 Å². The van der Waals surface area contributed by atoms with E-state index in [1.54, 1.807) is 42.5 Å². The number of rotatable bonds is 6. The van der Waals surface area contributed by atoms with Gasteiger partial charge in [0.2, 0.25) is 11.8 Å². The van der Waals surface area contributed by atoms with Crippen LogP contribution in [0.25, 0.3) is 10.8 Å². The number of aromatic nitrogens is 1. The number of imide groups is 1. The van der Waals surface area contributed by atoms with E-state index in [0.29, 0.717) is 37.6 Å². The Balaban J connectivity index is 1.14. The van der Waals surface area contributed by atoms with Crippen molar-refractivity contribution in [3.8, 4) is 5.75 Å². The molecule has 3 heterocycles. The summed E-state index contributed by atoms with van der Waals surface area (Å²) in [5.41, 5.74) is 1.81. The summed E-state index contributed by atoms with van der Waals surface area (Å²) in [5, 5.41) is 5.31. The van der Waals surface area contributed by atoms with Gasteiger partial charge in [-0.05, 0) is 64.9 Å². The van der Waals surface area contributed by atoms with E-state index in [-0.39, 0.29) is 29.2 Å². The van der Waals surface area contributed by atoms with Gasteiger partial charge in [0, 0.05) is 21.5 Å². The summed E-state index contributed by atoms with van der Waals surface area (Å²) in [5.74, 6) is -1.88. The van der Waals surface area contributed by atoms with E-state index < -0.39 is 17.1 Å². The summed E-state index contributed by atoms with van der Waals surface area (Å²) in [4.78, 5) is 57.1. The molecule has 2 aliphatic heterocycles. The summed E-state index contributed by atoms with van der Waals surface area (Å²) in [6.07, 6.45) is 0. The van der Waals surface area contributed by atoms with Crippen LogP contribution in [-0.2, 0) is 14.4 Å². The largest absolute Gasteiger partial charge is 0.484 e.